The molecular weight excluding hydrogens is 190 g/mol. The standard InChI is InChI=1S/C12H9NO2/c1-15-11-4-8-2-3-10(14)6-12(8)9(5-11)7-13/h2-6,14H,1H3. The zero-order valence-corrected chi connectivity index (χ0v) is 8.19. The second-order valence-electron chi connectivity index (χ2n) is 3.19. The molecule has 0 unspecified atom stereocenters. The summed E-state index contributed by atoms with van der Waals surface area (Å²) in [6, 6.07) is 10.5. The van der Waals surface area contributed by atoms with Crippen LogP contribution < -0.4 is 4.74 Å². The lowest BCUT2D eigenvalue weighted by Gasteiger charge is -2.05. The fraction of sp³-hybridized carbons (Fsp3) is 0.0833. The largest absolute Gasteiger partial charge is 0.508 e. The van der Waals surface area contributed by atoms with Crippen LogP contribution in [0.5, 0.6) is 11.5 Å². The van der Waals surface area contributed by atoms with Crippen LogP contribution in [0.15, 0.2) is 30.3 Å². The number of fused-ring (bicyclic) bond motifs is 1. The third kappa shape index (κ3) is 1.57. The highest BCUT2D eigenvalue weighted by atomic mass is 16.5. The SMILES string of the molecule is COc1cc(C#N)c2cc(O)ccc2c1. The number of ether oxygens (including phenoxy) is 1. The van der Waals surface area contributed by atoms with E-state index in [1.54, 1.807) is 31.4 Å². The minimum atomic E-state index is 0.157. The lowest BCUT2D eigenvalue weighted by molar-refractivity contribution is 0.415. The molecule has 0 fully saturated rings. The van der Waals surface area contributed by atoms with Gasteiger partial charge in [0.05, 0.1) is 18.7 Å². The molecule has 0 saturated carbocycles. The molecule has 0 spiro atoms. The minimum absolute atomic E-state index is 0.157. The number of benzene rings is 2. The molecule has 2 rings (SSSR count). The first-order valence-electron chi connectivity index (χ1n) is 4.45. The van der Waals surface area contributed by atoms with E-state index >= 15 is 0 Å². The second-order valence-corrected chi connectivity index (χ2v) is 3.19. The van der Waals surface area contributed by atoms with Crippen molar-refractivity contribution in [2.45, 2.75) is 0 Å². The van der Waals surface area contributed by atoms with Crippen molar-refractivity contribution in [2.24, 2.45) is 0 Å². The van der Waals surface area contributed by atoms with Crippen molar-refractivity contribution >= 4 is 10.8 Å². The molecule has 15 heavy (non-hydrogen) atoms. The number of phenolic OH excluding ortho intramolecular Hbond substituents is 1. The van der Waals surface area contributed by atoms with Crippen molar-refractivity contribution < 1.29 is 9.84 Å². The molecule has 0 saturated heterocycles. The Morgan fingerprint density at radius 3 is 2.73 bits per heavy atom. The number of nitrogens with zero attached hydrogens (tertiary/aromatic N) is 1. The van der Waals surface area contributed by atoms with Gasteiger partial charge in [0.2, 0.25) is 0 Å². The van der Waals surface area contributed by atoms with Gasteiger partial charge in [0.15, 0.2) is 0 Å². The molecule has 3 heteroatoms. The van der Waals surface area contributed by atoms with Gasteiger partial charge < -0.3 is 9.84 Å². The quantitative estimate of drug-likeness (QED) is 0.767. The predicted octanol–water partition coefficient (Wildman–Crippen LogP) is 2.43. The molecule has 0 amide bonds. The van der Waals surface area contributed by atoms with Gasteiger partial charge in [0.25, 0.3) is 0 Å². The Hall–Kier alpha value is -2.21. The van der Waals surface area contributed by atoms with Gasteiger partial charge in [-0.3, -0.25) is 0 Å². The fourth-order valence-electron chi connectivity index (χ4n) is 1.53. The van der Waals surface area contributed by atoms with Crippen LogP contribution >= 0.6 is 0 Å². The van der Waals surface area contributed by atoms with Crippen LogP contribution in [0.4, 0.5) is 0 Å². The summed E-state index contributed by atoms with van der Waals surface area (Å²) in [6.45, 7) is 0. The van der Waals surface area contributed by atoms with Crippen molar-refractivity contribution in [2.75, 3.05) is 7.11 Å². The van der Waals surface area contributed by atoms with Crippen LogP contribution in [0.3, 0.4) is 0 Å². The average molecular weight is 199 g/mol. The van der Waals surface area contributed by atoms with Crippen molar-refractivity contribution in [1.82, 2.24) is 0 Å². The van der Waals surface area contributed by atoms with Crippen LogP contribution in [-0.4, -0.2) is 12.2 Å². The maximum Gasteiger partial charge on any atom is 0.120 e. The van der Waals surface area contributed by atoms with Crippen molar-refractivity contribution in [3.05, 3.63) is 35.9 Å². The van der Waals surface area contributed by atoms with Crippen LogP contribution in [0.1, 0.15) is 5.56 Å². The Morgan fingerprint density at radius 1 is 1.27 bits per heavy atom. The van der Waals surface area contributed by atoms with Gasteiger partial charge in [-0.1, -0.05) is 6.07 Å². The van der Waals surface area contributed by atoms with Gasteiger partial charge in [-0.2, -0.15) is 5.26 Å². The molecule has 3 nitrogen and oxygen atoms in total. The number of rotatable bonds is 1. The molecule has 0 aliphatic heterocycles. The first-order chi connectivity index (χ1) is 7.24. The highest BCUT2D eigenvalue weighted by Gasteiger charge is 2.04. The zero-order chi connectivity index (χ0) is 10.8. The van der Waals surface area contributed by atoms with Gasteiger partial charge in [-0.05, 0) is 29.7 Å². The Morgan fingerprint density at radius 2 is 2.07 bits per heavy atom. The molecule has 0 aliphatic rings. The van der Waals surface area contributed by atoms with Gasteiger partial charge >= 0.3 is 0 Å². The highest BCUT2D eigenvalue weighted by molar-refractivity contribution is 5.90. The monoisotopic (exact) mass is 199 g/mol. The summed E-state index contributed by atoms with van der Waals surface area (Å²) >= 11 is 0. The smallest absolute Gasteiger partial charge is 0.120 e. The van der Waals surface area contributed by atoms with Crippen molar-refractivity contribution in [3.63, 3.8) is 0 Å². The summed E-state index contributed by atoms with van der Waals surface area (Å²) in [6.07, 6.45) is 0. The molecule has 0 radical (unpaired) electrons. The Bertz CT molecular complexity index is 555. The summed E-state index contributed by atoms with van der Waals surface area (Å²) in [5.74, 6) is 0.800. The van der Waals surface area contributed by atoms with E-state index in [2.05, 4.69) is 6.07 Å². The molecule has 0 atom stereocenters. The van der Waals surface area contributed by atoms with Crippen molar-refractivity contribution in [1.29, 1.82) is 5.26 Å². The van der Waals surface area contributed by atoms with Gasteiger partial charge in [0, 0.05) is 5.39 Å². The van der Waals surface area contributed by atoms with E-state index in [0.29, 0.717) is 11.3 Å². The van der Waals surface area contributed by atoms with Gasteiger partial charge in [-0.15, -0.1) is 0 Å². The summed E-state index contributed by atoms with van der Waals surface area (Å²) in [5, 5.41) is 19.9. The van der Waals surface area contributed by atoms with Crippen LogP contribution in [0.2, 0.25) is 0 Å². The molecule has 0 heterocycles. The Kier molecular flexibility index (Phi) is 2.18. The molecule has 2 aromatic rings. The molecule has 1 N–H and O–H groups in total. The lowest BCUT2D eigenvalue weighted by Crippen LogP contribution is -1.86. The van der Waals surface area contributed by atoms with Crippen LogP contribution in [0, 0.1) is 11.3 Å². The molecular formula is C12H9NO2. The summed E-state index contributed by atoms with van der Waals surface area (Å²) < 4.78 is 5.08. The Labute approximate surface area is 87.1 Å². The number of methoxy groups -OCH3 is 1. The number of hydrogen-bond acceptors (Lipinski definition) is 3. The van der Waals surface area contributed by atoms with Gasteiger partial charge in [0.1, 0.15) is 11.5 Å². The third-order valence-electron chi connectivity index (χ3n) is 2.27. The van der Waals surface area contributed by atoms with Crippen molar-refractivity contribution in [3.8, 4) is 17.6 Å². The van der Waals surface area contributed by atoms with E-state index in [1.165, 1.54) is 0 Å². The zero-order valence-electron chi connectivity index (χ0n) is 8.19. The summed E-state index contributed by atoms with van der Waals surface area (Å²) in [5.41, 5.74) is 0.500. The third-order valence-corrected chi connectivity index (χ3v) is 2.27. The van der Waals surface area contributed by atoms with E-state index in [4.69, 9.17) is 10.00 Å². The number of nitriles is 1. The Balaban J connectivity index is 2.82. The number of phenols is 1. The van der Waals surface area contributed by atoms with E-state index < -0.39 is 0 Å². The maximum atomic E-state index is 9.34. The summed E-state index contributed by atoms with van der Waals surface area (Å²) in [4.78, 5) is 0. The second kappa shape index (κ2) is 3.50. The van der Waals surface area contributed by atoms with Crippen LogP contribution in [-0.2, 0) is 0 Å². The van der Waals surface area contributed by atoms with Gasteiger partial charge in [-0.25, -0.2) is 0 Å². The number of aromatic hydroxyl groups is 1. The topological polar surface area (TPSA) is 53.2 Å². The normalized spacial score (nSPS) is 9.87. The average Bonchev–Trinajstić information content (AvgIpc) is 2.27. The minimum Gasteiger partial charge on any atom is -0.508 e. The summed E-state index contributed by atoms with van der Waals surface area (Å²) in [7, 11) is 1.56. The molecule has 0 bridgehead atoms. The van der Waals surface area contributed by atoms with Crippen LogP contribution in [0.25, 0.3) is 10.8 Å². The molecule has 0 aliphatic carbocycles. The maximum absolute atomic E-state index is 9.34. The lowest BCUT2D eigenvalue weighted by atomic mass is 10.0. The predicted molar refractivity (Wildman–Crippen MR) is 56.9 cm³/mol. The first-order valence-corrected chi connectivity index (χ1v) is 4.45. The molecule has 2 aromatic carbocycles. The fourth-order valence-corrected chi connectivity index (χ4v) is 1.53. The number of hydrogen-bond donors (Lipinski definition) is 1. The highest BCUT2D eigenvalue weighted by Crippen LogP contribution is 2.27. The van der Waals surface area contributed by atoms with E-state index in [-0.39, 0.29) is 5.75 Å². The van der Waals surface area contributed by atoms with E-state index in [1.807, 2.05) is 6.07 Å². The van der Waals surface area contributed by atoms with E-state index in [9.17, 15) is 5.11 Å². The first kappa shape index (κ1) is 9.35. The van der Waals surface area contributed by atoms with E-state index in [0.717, 1.165) is 10.8 Å². The molecule has 0 aromatic heterocycles. The molecule has 74 valence electrons.